The first-order valence-corrected chi connectivity index (χ1v) is 8.48. The molecule has 0 aromatic heterocycles. The van der Waals surface area contributed by atoms with Gasteiger partial charge in [0.2, 0.25) is 5.78 Å². The zero-order valence-electron chi connectivity index (χ0n) is 15.1. The highest BCUT2D eigenvalue weighted by Crippen LogP contribution is 2.08. The van der Waals surface area contributed by atoms with Gasteiger partial charge >= 0.3 is 23.9 Å². The van der Waals surface area contributed by atoms with Crippen molar-refractivity contribution in [3.8, 4) is 0 Å². The topological polar surface area (TPSA) is 144 Å². The van der Waals surface area contributed by atoms with E-state index in [1.807, 2.05) is 0 Å². The lowest BCUT2D eigenvalue weighted by Crippen LogP contribution is -2.24. The van der Waals surface area contributed by atoms with E-state index in [9.17, 15) is 24.0 Å². The standard InChI is InChI=1S/C17H26O9/c1-11(5-3-7-14(19)20)25-16(23)10-9-13(18)17(24)26-12(2)6-4-8-15(21)22/h11-12H,3-10H2,1-2H3,(H,19,20)(H,21,22). The first kappa shape index (κ1) is 23.5. The number of ketones is 1. The van der Waals surface area contributed by atoms with Gasteiger partial charge in [-0.1, -0.05) is 0 Å². The van der Waals surface area contributed by atoms with E-state index in [0.29, 0.717) is 25.7 Å². The van der Waals surface area contributed by atoms with Gasteiger partial charge in [0.05, 0.1) is 18.6 Å². The summed E-state index contributed by atoms with van der Waals surface area (Å²) in [6.45, 7) is 3.18. The minimum atomic E-state index is -1.06. The van der Waals surface area contributed by atoms with E-state index in [-0.39, 0.29) is 25.7 Å². The van der Waals surface area contributed by atoms with Crippen LogP contribution in [-0.4, -0.2) is 52.1 Å². The molecule has 0 saturated carbocycles. The van der Waals surface area contributed by atoms with E-state index >= 15 is 0 Å². The number of rotatable bonds is 14. The number of ether oxygens (including phenoxy) is 2. The summed E-state index contributed by atoms with van der Waals surface area (Å²) in [5, 5.41) is 17.0. The molecule has 0 fully saturated rings. The van der Waals surface area contributed by atoms with Crippen molar-refractivity contribution in [1.29, 1.82) is 0 Å². The Bertz CT molecular complexity index is 512. The summed E-state index contributed by atoms with van der Waals surface area (Å²) < 4.78 is 9.92. The fourth-order valence-corrected chi connectivity index (χ4v) is 2.05. The van der Waals surface area contributed by atoms with Crippen LogP contribution in [0, 0.1) is 0 Å². The van der Waals surface area contributed by atoms with Gasteiger partial charge in [0.15, 0.2) is 0 Å². The molecule has 2 unspecified atom stereocenters. The number of carbonyl (C=O) groups excluding carboxylic acids is 3. The summed E-state index contributed by atoms with van der Waals surface area (Å²) in [5.74, 6) is -4.44. The van der Waals surface area contributed by atoms with E-state index in [0.717, 1.165) is 0 Å². The second-order valence-corrected chi connectivity index (χ2v) is 6.01. The molecule has 0 saturated heterocycles. The average molecular weight is 374 g/mol. The molecular weight excluding hydrogens is 348 g/mol. The number of aliphatic carboxylic acids is 2. The number of carbonyl (C=O) groups is 5. The molecule has 0 aliphatic carbocycles. The van der Waals surface area contributed by atoms with Gasteiger partial charge < -0.3 is 19.7 Å². The molecule has 0 aliphatic heterocycles. The lowest BCUT2D eigenvalue weighted by molar-refractivity contribution is -0.158. The predicted molar refractivity (Wildman–Crippen MR) is 88.3 cm³/mol. The molecule has 0 rings (SSSR count). The van der Waals surface area contributed by atoms with Crippen molar-refractivity contribution in [2.45, 2.75) is 77.4 Å². The second-order valence-electron chi connectivity index (χ2n) is 6.01. The molecule has 0 spiro atoms. The summed E-state index contributed by atoms with van der Waals surface area (Å²) >= 11 is 0. The molecule has 0 radical (unpaired) electrons. The zero-order chi connectivity index (χ0) is 20.1. The van der Waals surface area contributed by atoms with Crippen LogP contribution in [0.4, 0.5) is 0 Å². The minimum absolute atomic E-state index is 0.0170. The molecule has 0 bridgehead atoms. The molecular formula is C17H26O9. The molecule has 0 aromatic carbocycles. The maximum absolute atomic E-state index is 11.7. The van der Waals surface area contributed by atoms with Crippen LogP contribution >= 0.6 is 0 Å². The number of hydrogen-bond acceptors (Lipinski definition) is 7. The van der Waals surface area contributed by atoms with Crippen molar-refractivity contribution in [1.82, 2.24) is 0 Å². The fourth-order valence-electron chi connectivity index (χ4n) is 2.05. The Morgan fingerprint density at radius 1 is 0.731 bits per heavy atom. The largest absolute Gasteiger partial charge is 0.481 e. The van der Waals surface area contributed by atoms with Crippen LogP contribution in [0.25, 0.3) is 0 Å². The molecule has 2 atom stereocenters. The van der Waals surface area contributed by atoms with Crippen molar-refractivity contribution in [2.75, 3.05) is 0 Å². The van der Waals surface area contributed by atoms with Crippen LogP contribution in [0.3, 0.4) is 0 Å². The van der Waals surface area contributed by atoms with E-state index in [1.165, 1.54) is 0 Å². The van der Waals surface area contributed by atoms with E-state index in [1.54, 1.807) is 13.8 Å². The lowest BCUT2D eigenvalue weighted by atomic mass is 10.1. The van der Waals surface area contributed by atoms with Crippen LogP contribution < -0.4 is 0 Å². The summed E-state index contributed by atoms with van der Waals surface area (Å²) in [4.78, 5) is 55.6. The number of hydrogen-bond donors (Lipinski definition) is 2. The van der Waals surface area contributed by atoms with E-state index in [4.69, 9.17) is 19.7 Å². The van der Waals surface area contributed by atoms with Gasteiger partial charge in [-0.25, -0.2) is 4.79 Å². The number of esters is 2. The predicted octanol–water partition coefficient (Wildman–Crippen LogP) is 1.71. The minimum Gasteiger partial charge on any atom is -0.481 e. The molecule has 26 heavy (non-hydrogen) atoms. The van der Waals surface area contributed by atoms with Crippen molar-refractivity contribution >= 4 is 29.7 Å². The van der Waals surface area contributed by atoms with Gasteiger partial charge in [-0.3, -0.25) is 19.2 Å². The van der Waals surface area contributed by atoms with Crippen molar-refractivity contribution in [3.63, 3.8) is 0 Å². The highest BCUT2D eigenvalue weighted by Gasteiger charge is 2.20. The summed E-state index contributed by atoms with van der Waals surface area (Å²) in [6, 6.07) is 0. The third kappa shape index (κ3) is 12.9. The van der Waals surface area contributed by atoms with Gasteiger partial charge in [-0.05, 0) is 39.5 Å². The summed E-state index contributed by atoms with van der Waals surface area (Å²) in [5.41, 5.74) is 0. The van der Waals surface area contributed by atoms with Gasteiger partial charge in [-0.15, -0.1) is 0 Å². The van der Waals surface area contributed by atoms with E-state index in [2.05, 4.69) is 0 Å². The molecule has 0 aromatic rings. The van der Waals surface area contributed by atoms with Crippen LogP contribution in [0.1, 0.15) is 65.2 Å². The Morgan fingerprint density at radius 3 is 1.65 bits per heavy atom. The lowest BCUT2D eigenvalue weighted by Gasteiger charge is -2.13. The molecule has 0 amide bonds. The van der Waals surface area contributed by atoms with Gasteiger partial charge in [0.1, 0.15) is 0 Å². The summed E-state index contributed by atoms with van der Waals surface area (Å²) in [6.07, 6.45) is -0.345. The third-order valence-electron chi connectivity index (χ3n) is 3.43. The highest BCUT2D eigenvalue weighted by atomic mass is 16.6. The Hall–Kier alpha value is -2.45. The quantitative estimate of drug-likeness (QED) is 0.343. The SMILES string of the molecule is CC(CCCC(=O)O)OC(=O)CCC(=O)C(=O)OC(C)CCCC(=O)O. The molecule has 0 heterocycles. The Kier molecular flexibility index (Phi) is 11.6. The zero-order valence-corrected chi connectivity index (χ0v) is 15.1. The molecule has 2 N–H and O–H groups in total. The number of carboxylic acids is 2. The molecule has 9 nitrogen and oxygen atoms in total. The van der Waals surface area contributed by atoms with Gasteiger partial charge in [-0.2, -0.15) is 0 Å². The Labute approximate surface area is 151 Å². The van der Waals surface area contributed by atoms with Crippen molar-refractivity contribution in [3.05, 3.63) is 0 Å². The van der Waals surface area contributed by atoms with Gasteiger partial charge in [0, 0.05) is 19.3 Å². The van der Waals surface area contributed by atoms with Crippen LogP contribution in [0.2, 0.25) is 0 Å². The number of Topliss-reactive ketones (excluding diaryl/α,β-unsaturated/α-hetero) is 1. The molecule has 0 aliphatic rings. The highest BCUT2D eigenvalue weighted by molar-refractivity contribution is 6.33. The maximum atomic E-state index is 11.7. The fraction of sp³-hybridized carbons (Fsp3) is 0.706. The second kappa shape index (κ2) is 12.8. The van der Waals surface area contributed by atoms with Crippen LogP contribution in [0.15, 0.2) is 0 Å². The normalized spacial score (nSPS) is 12.7. The third-order valence-corrected chi connectivity index (χ3v) is 3.43. The smallest absolute Gasteiger partial charge is 0.374 e. The van der Waals surface area contributed by atoms with Crippen molar-refractivity contribution in [2.24, 2.45) is 0 Å². The average Bonchev–Trinajstić information content (AvgIpc) is 2.51. The van der Waals surface area contributed by atoms with E-state index < -0.39 is 41.9 Å². The first-order chi connectivity index (χ1) is 12.1. The first-order valence-electron chi connectivity index (χ1n) is 8.48. The maximum Gasteiger partial charge on any atom is 0.374 e. The monoisotopic (exact) mass is 374 g/mol. The van der Waals surface area contributed by atoms with Crippen LogP contribution in [0.5, 0.6) is 0 Å². The Balaban J connectivity index is 4.00. The number of carboxylic acid groups (broad SMARTS) is 2. The van der Waals surface area contributed by atoms with Gasteiger partial charge in [0.25, 0.3) is 0 Å². The summed E-state index contributed by atoms with van der Waals surface area (Å²) in [7, 11) is 0. The van der Waals surface area contributed by atoms with Crippen LogP contribution in [-0.2, 0) is 33.4 Å². The molecule has 148 valence electrons. The molecule has 9 heteroatoms. The van der Waals surface area contributed by atoms with Crippen molar-refractivity contribution < 1.29 is 43.7 Å². The Morgan fingerprint density at radius 2 is 1.19 bits per heavy atom.